The molecule has 0 unspecified atom stereocenters. The highest BCUT2D eigenvalue weighted by atomic mass is 35.5. The van der Waals surface area contributed by atoms with Crippen molar-refractivity contribution in [3.8, 4) is 5.75 Å². The van der Waals surface area contributed by atoms with Gasteiger partial charge in [0, 0.05) is 17.8 Å². The minimum absolute atomic E-state index is 0.0570. The average molecular weight is 451 g/mol. The van der Waals surface area contributed by atoms with Crippen molar-refractivity contribution in [2.75, 3.05) is 23.3 Å². The molecule has 1 N–H and O–H groups in total. The Morgan fingerprint density at radius 2 is 1.90 bits per heavy atom. The maximum absolute atomic E-state index is 13.1. The second-order valence-electron chi connectivity index (χ2n) is 5.98. The van der Waals surface area contributed by atoms with Crippen LogP contribution >= 0.6 is 22.9 Å². The first-order chi connectivity index (χ1) is 13.8. The van der Waals surface area contributed by atoms with Crippen LogP contribution in [0.25, 0.3) is 0 Å². The van der Waals surface area contributed by atoms with Crippen LogP contribution in [0.5, 0.6) is 5.75 Å². The first kappa shape index (κ1) is 21.2. The largest absolute Gasteiger partial charge is 0.494 e. The molecule has 2 aromatic carbocycles. The predicted molar refractivity (Wildman–Crippen MR) is 117 cm³/mol. The molecule has 0 aliphatic rings. The fourth-order valence-electron chi connectivity index (χ4n) is 2.63. The fraction of sp³-hybridized carbons (Fsp3) is 0.150. The van der Waals surface area contributed by atoms with E-state index >= 15 is 0 Å². The Morgan fingerprint density at radius 1 is 1.17 bits per heavy atom. The van der Waals surface area contributed by atoms with E-state index in [0.717, 1.165) is 15.6 Å². The maximum Gasteiger partial charge on any atom is 0.267 e. The van der Waals surface area contributed by atoms with Crippen molar-refractivity contribution in [2.45, 2.75) is 11.8 Å². The summed E-state index contributed by atoms with van der Waals surface area (Å²) in [5.74, 6) is 0.139. The number of halogens is 1. The van der Waals surface area contributed by atoms with E-state index < -0.39 is 15.9 Å². The summed E-state index contributed by atoms with van der Waals surface area (Å²) in [7, 11) is -2.49. The number of benzene rings is 2. The van der Waals surface area contributed by atoms with Gasteiger partial charge in [0.15, 0.2) is 0 Å². The molecule has 0 bridgehead atoms. The molecule has 1 heterocycles. The first-order valence-electron chi connectivity index (χ1n) is 8.69. The summed E-state index contributed by atoms with van der Waals surface area (Å²) in [6, 6.07) is 14.8. The smallest absolute Gasteiger partial charge is 0.267 e. The van der Waals surface area contributed by atoms with Crippen molar-refractivity contribution in [3.05, 3.63) is 69.9 Å². The minimum Gasteiger partial charge on any atom is -0.494 e. The molecule has 0 fully saturated rings. The van der Waals surface area contributed by atoms with Crippen molar-refractivity contribution >= 4 is 50.2 Å². The number of carbonyl (C=O) groups is 1. The van der Waals surface area contributed by atoms with E-state index in [-0.39, 0.29) is 9.77 Å². The lowest BCUT2D eigenvalue weighted by Crippen LogP contribution is -2.28. The highest BCUT2D eigenvalue weighted by Crippen LogP contribution is 2.29. The number of ether oxygens (including phenoxy) is 1. The fourth-order valence-corrected chi connectivity index (χ4v) is 5.31. The molecule has 29 heavy (non-hydrogen) atoms. The van der Waals surface area contributed by atoms with Crippen LogP contribution in [-0.2, 0) is 10.0 Å². The van der Waals surface area contributed by atoms with Gasteiger partial charge in [0.25, 0.3) is 15.9 Å². The lowest BCUT2D eigenvalue weighted by molar-refractivity contribution is 0.102. The molecule has 152 valence electrons. The van der Waals surface area contributed by atoms with E-state index in [1.54, 1.807) is 53.9 Å². The summed E-state index contributed by atoms with van der Waals surface area (Å²) >= 11 is 7.00. The van der Waals surface area contributed by atoms with Gasteiger partial charge in [-0.15, -0.1) is 11.3 Å². The summed E-state index contributed by atoms with van der Waals surface area (Å²) in [5, 5.41) is 4.73. The average Bonchev–Trinajstić information content (AvgIpc) is 3.19. The van der Waals surface area contributed by atoms with Crippen molar-refractivity contribution in [3.63, 3.8) is 0 Å². The van der Waals surface area contributed by atoms with Crippen molar-refractivity contribution in [1.29, 1.82) is 0 Å². The number of amides is 1. The number of sulfonamides is 1. The van der Waals surface area contributed by atoms with Gasteiger partial charge < -0.3 is 10.1 Å². The molecule has 6 nitrogen and oxygen atoms in total. The zero-order valence-corrected chi connectivity index (χ0v) is 18.1. The van der Waals surface area contributed by atoms with Crippen LogP contribution in [-0.4, -0.2) is 28.0 Å². The maximum atomic E-state index is 13.1. The molecule has 0 atom stereocenters. The Balaban J connectivity index is 1.86. The number of anilines is 2. The third-order valence-electron chi connectivity index (χ3n) is 4.07. The van der Waals surface area contributed by atoms with Crippen LogP contribution in [0, 0.1) is 0 Å². The number of rotatable bonds is 7. The molecule has 3 rings (SSSR count). The molecule has 3 aromatic rings. The number of nitrogens with zero attached hydrogens (tertiary/aromatic N) is 1. The molecule has 0 radical (unpaired) electrons. The van der Waals surface area contributed by atoms with Crippen molar-refractivity contribution in [1.82, 2.24) is 0 Å². The summed E-state index contributed by atoms with van der Waals surface area (Å²) in [6.07, 6.45) is 0. The van der Waals surface area contributed by atoms with Gasteiger partial charge in [-0.3, -0.25) is 9.10 Å². The third kappa shape index (κ3) is 4.72. The molecule has 0 saturated heterocycles. The van der Waals surface area contributed by atoms with Gasteiger partial charge in [0.2, 0.25) is 0 Å². The standard InChI is InChI=1S/C20H19ClN2O4S2/c1-3-27-17-9-7-16(8-10-17)23(2)29(25,26)18-11-12-28-19(18)20(24)22-15-6-4-5-14(21)13-15/h4-13H,3H2,1-2H3,(H,22,24). The number of carbonyl (C=O) groups excluding carboxylic acids is 1. The van der Waals surface area contributed by atoms with Crippen LogP contribution in [0.3, 0.4) is 0 Å². The SMILES string of the molecule is CCOc1ccc(N(C)S(=O)(=O)c2ccsc2C(=O)Nc2cccc(Cl)c2)cc1. The lowest BCUT2D eigenvalue weighted by Gasteiger charge is -2.20. The monoisotopic (exact) mass is 450 g/mol. The molecular weight excluding hydrogens is 432 g/mol. The summed E-state index contributed by atoms with van der Waals surface area (Å²) < 4.78 is 32.8. The molecule has 0 aliphatic heterocycles. The Labute approximate surface area is 178 Å². The molecule has 1 amide bonds. The Morgan fingerprint density at radius 3 is 2.55 bits per heavy atom. The number of nitrogens with one attached hydrogen (secondary N) is 1. The second-order valence-corrected chi connectivity index (χ2v) is 9.27. The van der Waals surface area contributed by atoms with Gasteiger partial charge in [0.05, 0.1) is 12.3 Å². The molecule has 0 spiro atoms. The van der Waals surface area contributed by atoms with E-state index in [1.165, 1.54) is 13.1 Å². The number of hydrogen-bond donors (Lipinski definition) is 1. The third-order valence-corrected chi connectivity index (χ3v) is 7.17. The van der Waals surface area contributed by atoms with E-state index in [4.69, 9.17) is 16.3 Å². The van der Waals surface area contributed by atoms with Gasteiger partial charge in [0.1, 0.15) is 15.5 Å². The van der Waals surface area contributed by atoms with Gasteiger partial charge in [-0.25, -0.2) is 8.42 Å². The minimum atomic E-state index is -3.93. The van der Waals surface area contributed by atoms with Crippen LogP contribution in [0.2, 0.25) is 5.02 Å². The Hall–Kier alpha value is -2.55. The summed E-state index contributed by atoms with van der Waals surface area (Å²) in [5.41, 5.74) is 0.944. The summed E-state index contributed by atoms with van der Waals surface area (Å²) in [6.45, 7) is 2.39. The number of thiophene rings is 1. The predicted octanol–water partition coefficient (Wildman–Crippen LogP) is 4.88. The van der Waals surface area contributed by atoms with Gasteiger partial charge in [-0.05, 0) is 60.8 Å². The number of hydrogen-bond acceptors (Lipinski definition) is 5. The van der Waals surface area contributed by atoms with Gasteiger partial charge in [-0.1, -0.05) is 17.7 Å². The normalized spacial score (nSPS) is 11.1. The first-order valence-corrected chi connectivity index (χ1v) is 11.4. The summed E-state index contributed by atoms with van der Waals surface area (Å²) in [4.78, 5) is 12.7. The zero-order chi connectivity index (χ0) is 21.0. The highest BCUT2D eigenvalue weighted by molar-refractivity contribution is 7.93. The van der Waals surface area contributed by atoms with Crippen molar-refractivity contribution in [2.24, 2.45) is 0 Å². The lowest BCUT2D eigenvalue weighted by atomic mass is 10.3. The quantitative estimate of drug-likeness (QED) is 0.556. The zero-order valence-electron chi connectivity index (χ0n) is 15.8. The molecule has 0 aliphatic carbocycles. The van der Waals surface area contributed by atoms with Crippen LogP contribution < -0.4 is 14.4 Å². The second kappa shape index (κ2) is 8.86. The Kier molecular flexibility index (Phi) is 6.46. The van der Waals surface area contributed by atoms with E-state index in [1.807, 2.05) is 6.92 Å². The molecule has 0 saturated carbocycles. The molecule has 9 heteroatoms. The molecular formula is C20H19ClN2O4S2. The van der Waals surface area contributed by atoms with Crippen molar-refractivity contribution < 1.29 is 17.9 Å². The van der Waals surface area contributed by atoms with Crippen LogP contribution in [0.4, 0.5) is 11.4 Å². The highest BCUT2D eigenvalue weighted by Gasteiger charge is 2.28. The molecule has 1 aromatic heterocycles. The Bertz CT molecular complexity index is 1110. The van der Waals surface area contributed by atoms with Crippen LogP contribution in [0.1, 0.15) is 16.6 Å². The van der Waals surface area contributed by atoms with E-state index in [9.17, 15) is 13.2 Å². The van der Waals surface area contributed by atoms with E-state index in [0.29, 0.717) is 28.8 Å². The van der Waals surface area contributed by atoms with E-state index in [2.05, 4.69) is 5.32 Å². The van der Waals surface area contributed by atoms with Crippen LogP contribution in [0.15, 0.2) is 64.9 Å². The van der Waals surface area contributed by atoms with Gasteiger partial charge >= 0.3 is 0 Å². The van der Waals surface area contributed by atoms with Gasteiger partial charge in [-0.2, -0.15) is 0 Å². The topological polar surface area (TPSA) is 75.7 Å².